The lowest BCUT2D eigenvalue weighted by Crippen LogP contribution is -2.33. The van der Waals surface area contributed by atoms with Crippen molar-refractivity contribution in [2.75, 3.05) is 0 Å². The molecular formula is C14H19NO4S. The predicted octanol–water partition coefficient (Wildman–Crippen LogP) is 2.24. The minimum absolute atomic E-state index is 0.00195. The van der Waals surface area contributed by atoms with Crippen molar-refractivity contribution in [2.45, 2.75) is 44.0 Å². The van der Waals surface area contributed by atoms with Crippen LogP contribution in [-0.4, -0.2) is 25.5 Å². The molecule has 0 aromatic heterocycles. The molecule has 1 fully saturated rings. The first-order valence-electron chi connectivity index (χ1n) is 6.55. The van der Waals surface area contributed by atoms with Gasteiger partial charge in [-0.3, -0.25) is 0 Å². The molecule has 0 heterocycles. The molecule has 2 N–H and O–H groups in total. The van der Waals surface area contributed by atoms with Crippen molar-refractivity contribution in [2.24, 2.45) is 5.41 Å². The van der Waals surface area contributed by atoms with Crippen LogP contribution in [0.25, 0.3) is 0 Å². The maximum atomic E-state index is 12.3. The zero-order chi connectivity index (χ0) is 15.0. The van der Waals surface area contributed by atoms with Crippen molar-refractivity contribution in [1.29, 1.82) is 0 Å². The molecule has 1 aliphatic carbocycles. The highest BCUT2D eigenvalue weighted by Crippen LogP contribution is 2.37. The second kappa shape index (κ2) is 5.18. The average Bonchev–Trinajstić information content (AvgIpc) is 2.68. The van der Waals surface area contributed by atoms with E-state index < -0.39 is 16.0 Å². The van der Waals surface area contributed by atoms with Crippen LogP contribution in [0.3, 0.4) is 0 Å². The molecule has 110 valence electrons. The normalized spacial score (nSPS) is 21.8. The summed E-state index contributed by atoms with van der Waals surface area (Å²) in [5.41, 5.74) is 0.121. The van der Waals surface area contributed by atoms with Crippen LogP contribution in [-0.2, 0) is 10.0 Å². The Bertz CT molecular complexity index is 622. The van der Waals surface area contributed by atoms with Crippen molar-refractivity contribution < 1.29 is 18.3 Å². The first-order valence-corrected chi connectivity index (χ1v) is 8.04. The van der Waals surface area contributed by atoms with Gasteiger partial charge in [-0.05, 0) is 42.9 Å². The van der Waals surface area contributed by atoms with Gasteiger partial charge in [0, 0.05) is 6.04 Å². The fourth-order valence-electron chi connectivity index (χ4n) is 2.62. The molecule has 0 bridgehead atoms. The van der Waals surface area contributed by atoms with Crippen molar-refractivity contribution in [3.8, 4) is 0 Å². The highest BCUT2D eigenvalue weighted by Gasteiger charge is 2.33. The quantitative estimate of drug-likeness (QED) is 0.892. The number of sulfonamides is 1. The molecule has 5 nitrogen and oxygen atoms in total. The zero-order valence-electron chi connectivity index (χ0n) is 11.6. The number of nitrogens with one attached hydrogen (secondary N) is 1. The molecule has 1 aliphatic rings. The van der Waals surface area contributed by atoms with Crippen molar-refractivity contribution in [1.82, 2.24) is 4.72 Å². The molecular weight excluding hydrogens is 278 g/mol. The molecule has 1 aromatic carbocycles. The largest absolute Gasteiger partial charge is 0.478 e. The van der Waals surface area contributed by atoms with E-state index in [1.54, 1.807) is 0 Å². The van der Waals surface area contributed by atoms with E-state index in [-0.39, 0.29) is 21.9 Å². The summed E-state index contributed by atoms with van der Waals surface area (Å²) < 4.78 is 27.2. The lowest BCUT2D eigenvalue weighted by molar-refractivity contribution is 0.0696. The molecule has 0 aliphatic heterocycles. The second-order valence-corrected chi connectivity index (χ2v) is 7.77. The Morgan fingerprint density at radius 2 is 2.10 bits per heavy atom. The van der Waals surface area contributed by atoms with Crippen LogP contribution in [0.4, 0.5) is 0 Å². The van der Waals surface area contributed by atoms with Gasteiger partial charge in [0.15, 0.2) is 0 Å². The maximum absolute atomic E-state index is 12.3. The molecule has 20 heavy (non-hydrogen) atoms. The number of benzene rings is 1. The summed E-state index contributed by atoms with van der Waals surface area (Å²) >= 11 is 0. The maximum Gasteiger partial charge on any atom is 0.335 e. The van der Waals surface area contributed by atoms with Gasteiger partial charge in [-0.1, -0.05) is 19.9 Å². The highest BCUT2D eigenvalue weighted by molar-refractivity contribution is 7.89. The Kier molecular flexibility index (Phi) is 3.88. The predicted molar refractivity (Wildman–Crippen MR) is 75.1 cm³/mol. The topological polar surface area (TPSA) is 83.5 Å². The van der Waals surface area contributed by atoms with Gasteiger partial charge in [0.1, 0.15) is 0 Å². The molecule has 0 amide bonds. The fraction of sp³-hybridized carbons (Fsp3) is 0.500. The minimum atomic E-state index is -3.66. The van der Waals surface area contributed by atoms with Gasteiger partial charge in [0.25, 0.3) is 0 Å². The van der Waals surface area contributed by atoms with Crippen LogP contribution in [0.15, 0.2) is 29.2 Å². The van der Waals surface area contributed by atoms with Gasteiger partial charge in [-0.25, -0.2) is 17.9 Å². The molecule has 1 aromatic rings. The summed E-state index contributed by atoms with van der Waals surface area (Å²) in [4.78, 5) is 10.9. The molecule has 0 radical (unpaired) electrons. The van der Waals surface area contributed by atoms with E-state index in [0.717, 1.165) is 19.3 Å². The Balaban J connectivity index is 2.19. The lowest BCUT2D eigenvalue weighted by atomic mass is 9.92. The molecule has 6 heteroatoms. The number of hydrogen-bond donors (Lipinski definition) is 2. The van der Waals surface area contributed by atoms with E-state index in [2.05, 4.69) is 18.6 Å². The monoisotopic (exact) mass is 297 g/mol. The van der Waals surface area contributed by atoms with Crippen molar-refractivity contribution in [3.05, 3.63) is 29.8 Å². The SMILES string of the molecule is CC1(C)CCC(NS(=O)(=O)c2cccc(C(=O)O)c2)C1. The van der Waals surface area contributed by atoms with E-state index in [0.29, 0.717) is 0 Å². The summed E-state index contributed by atoms with van der Waals surface area (Å²) in [5.74, 6) is -1.14. The van der Waals surface area contributed by atoms with Crippen molar-refractivity contribution in [3.63, 3.8) is 0 Å². The molecule has 2 rings (SSSR count). The van der Waals surface area contributed by atoms with Crippen molar-refractivity contribution >= 4 is 16.0 Å². The van der Waals surface area contributed by atoms with E-state index >= 15 is 0 Å². The first-order chi connectivity index (χ1) is 9.20. The van der Waals surface area contributed by atoms with Gasteiger partial charge in [0.2, 0.25) is 10.0 Å². The smallest absolute Gasteiger partial charge is 0.335 e. The molecule has 1 atom stereocenters. The van der Waals surface area contributed by atoms with Crippen LogP contribution >= 0.6 is 0 Å². The number of carboxylic acid groups (broad SMARTS) is 1. The summed E-state index contributed by atoms with van der Waals surface area (Å²) in [6.07, 6.45) is 2.59. The number of carboxylic acids is 1. The number of hydrogen-bond acceptors (Lipinski definition) is 3. The van der Waals surface area contributed by atoms with Crippen LogP contribution < -0.4 is 4.72 Å². The van der Waals surface area contributed by atoms with Gasteiger partial charge in [-0.15, -0.1) is 0 Å². The summed E-state index contributed by atoms with van der Waals surface area (Å²) in [6, 6.07) is 5.33. The number of rotatable bonds is 4. The molecule has 1 saturated carbocycles. The molecule has 0 saturated heterocycles. The molecule has 1 unspecified atom stereocenters. The Morgan fingerprint density at radius 1 is 1.40 bits per heavy atom. The van der Waals surface area contributed by atoms with E-state index in [1.165, 1.54) is 24.3 Å². The third-order valence-electron chi connectivity index (χ3n) is 3.68. The van der Waals surface area contributed by atoms with Gasteiger partial charge in [-0.2, -0.15) is 0 Å². The standard InChI is InChI=1S/C14H19NO4S/c1-14(2)7-6-11(9-14)15-20(18,19)12-5-3-4-10(8-12)13(16)17/h3-5,8,11,15H,6-7,9H2,1-2H3,(H,16,17). The zero-order valence-corrected chi connectivity index (χ0v) is 12.4. The van der Waals surface area contributed by atoms with E-state index in [4.69, 9.17) is 5.11 Å². The fourth-order valence-corrected chi connectivity index (χ4v) is 3.94. The van der Waals surface area contributed by atoms with Gasteiger partial charge >= 0.3 is 5.97 Å². The van der Waals surface area contributed by atoms with Crippen LogP contribution in [0, 0.1) is 5.41 Å². The summed E-state index contributed by atoms with van der Waals surface area (Å²) in [7, 11) is -3.66. The Hall–Kier alpha value is -1.40. The minimum Gasteiger partial charge on any atom is -0.478 e. The Morgan fingerprint density at radius 3 is 2.65 bits per heavy atom. The van der Waals surface area contributed by atoms with E-state index in [9.17, 15) is 13.2 Å². The van der Waals surface area contributed by atoms with Gasteiger partial charge < -0.3 is 5.11 Å². The number of aromatic carboxylic acids is 1. The van der Waals surface area contributed by atoms with Crippen LogP contribution in [0.1, 0.15) is 43.5 Å². The highest BCUT2D eigenvalue weighted by atomic mass is 32.2. The van der Waals surface area contributed by atoms with Crippen LogP contribution in [0.5, 0.6) is 0 Å². The first kappa shape index (κ1) is 15.0. The molecule has 0 spiro atoms. The summed E-state index contributed by atoms with van der Waals surface area (Å²) in [6.45, 7) is 4.23. The third kappa shape index (κ3) is 3.37. The second-order valence-electron chi connectivity index (χ2n) is 6.06. The van der Waals surface area contributed by atoms with Crippen LogP contribution in [0.2, 0.25) is 0 Å². The average molecular weight is 297 g/mol. The van der Waals surface area contributed by atoms with Gasteiger partial charge in [0.05, 0.1) is 10.5 Å². The lowest BCUT2D eigenvalue weighted by Gasteiger charge is -2.18. The van der Waals surface area contributed by atoms with E-state index in [1.807, 2.05) is 0 Å². The summed E-state index contributed by atoms with van der Waals surface area (Å²) in [5, 5.41) is 8.91. The number of carbonyl (C=O) groups is 1. The third-order valence-corrected chi connectivity index (χ3v) is 5.20. The Labute approximate surface area is 119 Å².